The van der Waals surface area contributed by atoms with Gasteiger partial charge in [-0.1, -0.05) is 0 Å². The second-order valence-electron chi connectivity index (χ2n) is 5.73. The molecular weight excluding hydrogens is 245 g/mol. The van der Waals surface area contributed by atoms with Gasteiger partial charge in [0, 0.05) is 30.6 Å². The molecule has 1 saturated heterocycles. The van der Waals surface area contributed by atoms with Crippen LogP contribution in [0.4, 0.5) is 4.39 Å². The molecule has 1 aromatic carbocycles. The quantitative estimate of drug-likeness (QED) is 0.905. The third-order valence-electron chi connectivity index (χ3n) is 4.16. The smallest absolute Gasteiger partial charge is 0.123 e. The van der Waals surface area contributed by atoms with Crippen molar-refractivity contribution >= 4 is 0 Å². The Morgan fingerprint density at radius 3 is 3.11 bits per heavy atom. The summed E-state index contributed by atoms with van der Waals surface area (Å²) >= 11 is 0. The summed E-state index contributed by atoms with van der Waals surface area (Å²) in [5, 5.41) is 3.26. The maximum absolute atomic E-state index is 13.2. The zero-order chi connectivity index (χ0) is 13.3. The minimum atomic E-state index is -0.183. The van der Waals surface area contributed by atoms with Gasteiger partial charge in [0.15, 0.2) is 0 Å². The van der Waals surface area contributed by atoms with E-state index in [0.29, 0.717) is 0 Å². The Balaban J connectivity index is 1.69. The summed E-state index contributed by atoms with van der Waals surface area (Å²) in [5.41, 5.74) is 1.16. The van der Waals surface area contributed by atoms with Crippen molar-refractivity contribution in [3.05, 3.63) is 29.6 Å². The van der Waals surface area contributed by atoms with E-state index in [1.54, 1.807) is 12.1 Å². The molecular formula is C15H20FNO2. The standard InChI is InChI=1S/C15H20FNO2/c1-17-9-15(4-5-18-10-15)8-13-7-11-6-12(16)2-3-14(11)19-13/h2-3,6,13,17H,4-5,7-10H2,1H3. The van der Waals surface area contributed by atoms with Crippen molar-refractivity contribution in [3.63, 3.8) is 0 Å². The normalized spacial score (nSPS) is 29.3. The highest BCUT2D eigenvalue weighted by atomic mass is 19.1. The predicted molar refractivity (Wildman–Crippen MR) is 70.9 cm³/mol. The Labute approximate surface area is 113 Å². The first kappa shape index (κ1) is 12.9. The summed E-state index contributed by atoms with van der Waals surface area (Å²) in [7, 11) is 1.97. The molecule has 0 aliphatic carbocycles. The average Bonchev–Trinajstić information content (AvgIpc) is 2.96. The van der Waals surface area contributed by atoms with Crippen molar-refractivity contribution in [3.8, 4) is 5.75 Å². The van der Waals surface area contributed by atoms with Gasteiger partial charge >= 0.3 is 0 Å². The first-order valence-electron chi connectivity index (χ1n) is 6.88. The highest BCUT2D eigenvalue weighted by molar-refractivity contribution is 5.37. The molecule has 1 fully saturated rings. The second kappa shape index (κ2) is 5.10. The molecule has 2 heterocycles. The van der Waals surface area contributed by atoms with E-state index >= 15 is 0 Å². The van der Waals surface area contributed by atoms with E-state index in [9.17, 15) is 4.39 Å². The minimum absolute atomic E-state index is 0.145. The van der Waals surface area contributed by atoms with Crippen LogP contribution in [0.5, 0.6) is 5.75 Å². The van der Waals surface area contributed by atoms with Crippen LogP contribution in [-0.4, -0.2) is 32.9 Å². The van der Waals surface area contributed by atoms with Crippen molar-refractivity contribution in [2.24, 2.45) is 5.41 Å². The fourth-order valence-corrected chi connectivity index (χ4v) is 3.28. The Bertz CT molecular complexity index is 457. The zero-order valence-corrected chi connectivity index (χ0v) is 11.2. The lowest BCUT2D eigenvalue weighted by molar-refractivity contribution is 0.103. The topological polar surface area (TPSA) is 30.5 Å². The molecule has 3 rings (SSSR count). The van der Waals surface area contributed by atoms with Crippen molar-refractivity contribution in [1.82, 2.24) is 5.32 Å². The molecule has 0 spiro atoms. The van der Waals surface area contributed by atoms with E-state index in [2.05, 4.69) is 5.32 Å². The molecule has 1 aromatic rings. The molecule has 0 saturated carbocycles. The Kier molecular flexibility index (Phi) is 3.46. The highest BCUT2D eigenvalue weighted by Crippen LogP contribution is 2.38. The summed E-state index contributed by atoms with van der Waals surface area (Å²) in [6, 6.07) is 4.79. The lowest BCUT2D eigenvalue weighted by Gasteiger charge is -2.29. The number of fused-ring (bicyclic) bond motifs is 1. The average molecular weight is 265 g/mol. The molecule has 2 aliphatic heterocycles. The van der Waals surface area contributed by atoms with Gasteiger partial charge in [0.25, 0.3) is 0 Å². The summed E-state index contributed by atoms with van der Waals surface area (Å²) in [6.07, 6.45) is 2.98. The number of rotatable bonds is 4. The van der Waals surface area contributed by atoms with E-state index in [4.69, 9.17) is 9.47 Å². The number of ether oxygens (including phenoxy) is 2. The monoisotopic (exact) mass is 265 g/mol. The first-order valence-corrected chi connectivity index (χ1v) is 6.88. The summed E-state index contributed by atoms with van der Waals surface area (Å²) in [4.78, 5) is 0. The van der Waals surface area contributed by atoms with Crippen molar-refractivity contribution in [2.75, 3.05) is 26.8 Å². The third-order valence-corrected chi connectivity index (χ3v) is 4.16. The van der Waals surface area contributed by atoms with Crippen LogP contribution in [0.25, 0.3) is 0 Å². The minimum Gasteiger partial charge on any atom is -0.490 e. The van der Waals surface area contributed by atoms with Gasteiger partial charge < -0.3 is 14.8 Å². The second-order valence-corrected chi connectivity index (χ2v) is 5.73. The molecule has 0 radical (unpaired) electrons. The van der Waals surface area contributed by atoms with Crippen LogP contribution < -0.4 is 10.1 Å². The number of hydrogen-bond acceptors (Lipinski definition) is 3. The molecule has 2 aliphatic rings. The van der Waals surface area contributed by atoms with Gasteiger partial charge in [-0.3, -0.25) is 0 Å². The maximum Gasteiger partial charge on any atom is 0.123 e. The largest absolute Gasteiger partial charge is 0.490 e. The Morgan fingerprint density at radius 2 is 2.37 bits per heavy atom. The zero-order valence-electron chi connectivity index (χ0n) is 11.2. The number of halogens is 1. The fourth-order valence-electron chi connectivity index (χ4n) is 3.28. The SMILES string of the molecule is CNCC1(CC2Cc3cc(F)ccc3O2)CCOC1. The van der Waals surface area contributed by atoms with E-state index in [1.807, 2.05) is 7.05 Å². The van der Waals surface area contributed by atoms with Crippen molar-refractivity contribution in [2.45, 2.75) is 25.4 Å². The van der Waals surface area contributed by atoms with Gasteiger partial charge in [-0.15, -0.1) is 0 Å². The lowest BCUT2D eigenvalue weighted by Crippen LogP contribution is -2.37. The Hall–Kier alpha value is -1.13. The molecule has 2 atom stereocenters. The van der Waals surface area contributed by atoms with Gasteiger partial charge in [-0.25, -0.2) is 4.39 Å². The summed E-state index contributed by atoms with van der Waals surface area (Å²) in [6.45, 7) is 2.56. The molecule has 4 heteroatoms. The van der Waals surface area contributed by atoms with Gasteiger partial charge in [0.2, 0.25) is 0 Å². The molecule has 0 bridgehead atoms. The predicted octanol–water partition coefficient (Wildman–Crippen LogP) is 2.15. The third kappa shape index (κ3) is 2.60. The van der Waals surface area contributed by atoms with Crippen LogP contribution in [-0.2, 0) is 11.2 Å². The number of nitrogens with one attached hydrogen (secondary N) is 1. The van der Waals surface area contributed by atoms with Gasteiger partial charge in [0.05, 0.1) is 6.61 Å². The molecule has 0 amide bonds. The fraction of sp³-hybridized carbons (Fsp3) is 0.600. The summed E-state index contributed by atoms with van der Waals surface area (Å²) in [5.74, 6) is 0.655. The van der Waals surface area contributed by atoms with Crippen molar-refractivity contribution < 1.29 is 13.9 Å². The summed E-state index contributed by atoms with van der Waals surface area (Å²) < 4.78 is 24.7. The first-order chi connectivity index (χ1) is 9.21. The van der Waals surface area contributed by atoms with E-state index < -0.39 is 0 Å². The number of benzene rings is 1. The highest BCUT2D eigenvalue weighted by Gasteiger charge is 2.39. The van der Waals surface area contributed by atoms with Crippen LogP contribution in [0.1, 0.15) is 18.4 Å². The van der Waals surface area contributed by atoms with E-state index in [1.165, 1.54) is 6.07 Å². The molecule has 3 nitrogen and oxygen atoms in total. The van der Waals surface area contributed by atoms with Gasteiger partial charge in [-0.2, -0.15) is 0 Å². The van der Waals surface area contributed by atoms with E-state index in [-0.39, 0.29) is 17.3 Å². The van der Waals surface area contributed by atoms with Gasteiger partial charge in [0.1, 0.15) is 17.7 Å². The van der Waals surface area contributed by atoms with Crippen LogP contribution in [0, 0.1) is 11.2 Å². The van der Waals surface area contributed by atoms with Crippen LogP contribution in [0.3, 0.4) is 0 Å². The molecule has 19 heavy (non-hydrogen) atoms. The molecule has 2 unspecified atom stereocenters. The maximum atomic E-state index is 13.2. The Morgan fingerprint density at radius 1 is 1.47 bits per heavy atom. The van der Waals surface area contributed by atoms with Crippen molar-refractivity contribution in [1.29, 1.82) is 0 Å². The van der Waals surface area contributed by atoms with Crippen LogP contribution in [0.15, 0.2) is 18.2 Å². The lowest BCUT2D eigenvalue weighted by atomic mass is 9.80. The number of hydrogen-bond donors (Lipinski definition) is 1. The molecule has 104 valence electrons. The van der Waals surface area contributed by atoms with Crippen LogP contribution in [0.2, 0.25) is 0 Å². The molecule has 1 N–H and O–H groups in total. The van der Waals surface area contributed by atoms with Crippen LogP contribution >= 0.6 is 0 Å². The van der Waals surface area contributed by atoms with Gasteiger partial charge in [-0.05, 0) is 38.1 Å². The molecule has 0 aromatic heterocycles. The van der Waals surface area contributed by atoms with E-state index in [0.717, 1.165) is 50.3 Å².